The molecule has 1 amide bonds. The third-order valence-corrected chi connectivity index (χ3v) is 4.14. The number of piperazine rings is 2. The Kier molecular flexibility index (Phi) is 5.45. The fourth-order valence-corrected chi connectivity index (χ4v) is 2.87. The minimum absolute atomic E-state index is 0.0840. The highest BCUT2D eigenvalue weighted by molar-refractivity contribution is 5.81. The SMILES string of the molecule is CC(C(=O)N1CCNCC1)N1CCN(CC(F)(F)F)CC1. The molecule has 2 fully saturated rings. The van der Waals surface area contributed by atoms with Gasteiger partial charge in [0.15, 0.2) is 0 Å². The van der Waals surface area contributed by atoms with E-state index in [1.807, 2.05) is 16.7 Å². The van der Waals surface area contributed by atoms with Crippen LogP contribution in [-0.2, 0) is 4.79 Å². The van der Waals surface area contributed by atoms with Crippen LogP contribution in [0.4, 0.5) is 13.2 Å². The summed E-state index contributed by atoms with van der Waals surface area (Å²) in [7, 11) is 0. The number of carbonyl (C=O) groups excluding carboxylic acids is 1. The minimum atomic E-state index is -4.15. The second-order valence-corrected chi connectivity index (χ2v) is 5.68. The van der Waals surface area contributed by atoms with Crippen molar-refractivity contribution in [2.45, 2.75) is 19.1 Å². The van der Waals surface area contributed by atoms with E-state index in [-0.39, 0.29) is 11.9 Å². The molecule has 5 nitrogen and oxygen atoms in total. The van der Waals surface area contributed by atoms with Gasteiger partial charge in [0.1, 0.15) is 0 Å². The Morgan fingerprint density at radius 3 is 2.19 bits per heavy atom. The smallest absolute Gasteiger partial charge is 0.339 e. The lowest BCUT2D eigenvalue weighted by atomic mass is 10.2. The summed E-state index contributed by atoms with van der Waals surface area (Å²) >= 11 is 0. The summed E-state index contributed by atoms with van der Waals surface area (Å²) in [5.41, 5.74) is 0. The van der Waals surface area contributed by atoms with E-state index in [1.165, 1.54) is 4.90 Å². The second kappa shape index (κ2) is 6.93. The Bertz CT molecular complexity index is 350. The molecule has 1 unspecified atom stereocenters. The van der Waals surface area contributed by atoms with Gasteiger partial charge in [0.2, 0.25) is 5.91 Å². The number of alkyl halides is 3. The Balaban J connectivity index is 1.79. The van der Waals surface area contributed by atoms with Crippen LogP contribution < -0.4 is 5.32 Å². The normalized spacial score (nSPS) is 24.1. The zero-order chi connectivity index (χ0) is 15.5. The van der Waals surface area contributed by atoms with Crippen molar-refractivity contribution in [2.24, 2.45) is 0 Å². The molecule has 0 aromatic carbocycles. The molecule has 2 rings (SSSR count). The molecule has 0 aliphatic carbocycles. The molecule has 0 radical (unpaired) electrons. The molecule has 2 aliphatic rings. The molecule has 1 N–H and O–H groups in total. The first-order chi connectivity index (χ1) is 9.87. The van der Waals surface area contributed by atoms with Gasteiger partial charge < -0.3 is 10.2 Å². The molecular weight excluding hydrogens is 285 g/mol. The average Bonchev–Trinajstić information content (AvgIpc) is 2.46. The van der Waals surface area contributed by atoms with Gasteiger partial charge in [0.05, 0.1) is 12.6 Å². The van der Waals surface area contributed by atoms with Crippen LogP contribution in [0.5, 0.6) is 0 Å². The van der Waals surface area contributed by atoms with Gasteiger partial charge in [0.25, 0.3) is 0 Å². The fourth-order valence-electron chi connectivity index (χ4n) is 2.87. The van der Waals surface area contributed by atoms with Crippen LogP contribution in [0.25, 0.3) is 0 Å². The van der Waals surface area contributed by atoms with E-state index in [4.69, 9.17) is 0 Å². The van der Waals surface area contributed by atoms with Gasteiger partial charge in [-0.2, -0.15) is 13.2 Å². The van der Waals surface area contributed by atoms with Crippen molar-refractivity contribution in [3.8, 4) is 0 Å². The zero-order valence-corrected chi connectivity index (χ0v) is 12.3. The molecule has 0 aromatic rings. The van der Waals surface area contributed by atoms with Crippen molar-refractivity contribution >= 4 is 5.91 Å². The number of hydrogen-bond donors (Lipinski definition) is 1. The predicted octanol–water partition coefficient (Wildman–Crippen LogP) is -0.0134. The van der Waals surface area contributed by atoms with Gasteiger partial charge in [-0.1, -0.05) is 0 Å². The van der Waals surface area contributed by atoms with Crippen LogP contribution in [0.3, 0.4) is 0 Å². The Morgan fingerprint density at radius 1 is 1.10 bits per heavy atom. The minimum Gasteiger partial charge on any atom is -0.339 e. The van der Waals surface area contributed by atoms with Gasteiger partial charge in [0, 0.05) is 52.4 Å². The lowest BCUT2D eigenvalue weighted by Crippen LogP contribution is -2.57. The fraction of sp³-hybridized carbons (Fsp3) is 0.923. The molecule has 0 bridgehead atoms. The van der Waals surface area contributed by atoms with Gasteiger partial charge in [-0.3, -0.25) is 14.6 Å². The van der Waals surface area contributed by atoms with Crippen LogP contribution in [-0.4, -0.2) is 91.7 Å². The molecule has 1 atom stereocenters. The summed E-state index contributed by atoms with van der Waals surface area (Å²) < 4.78 is 37.0. The second-order valence-electron chi connectivity index (χ2n) is 5.68. The summed E-state index contributed by atoms with van der Waals surface area (Å²) in [6.07, 6.45) is -4.15. The Morgan fingerprint density at radius 2 is 1.67 bits per heavy atom. The maximum Gasteiger partial charge on any atom is 0.401 e. The number of amides is 1. The highest BCUT2D eigenvalue weighted by atomic mass is 19.4. The standard InChI is InChI=1S/C13H23F3N4O/c1-11(12(21)20-4-2-17-3-5-20)19-8-6-18(7-9-19)10-13(14,15)16/h11,17H,2-10H2,1H3. The number of rotatable bonds is 3. The molecule has 0 aromatic heterocycles. The molecule has 2 saturated heterocycles. The Labute approximate surface area is 123 Å². The number of nitrogens with one attached hydrogen (secondary N) is 1. The first kappa shape index (κ1) is 16.5. The Hall–Kier alpha value is -0.860. The summed E-state index contributed by atoms with van der Waals surface area (Å²) in [4.78, 5) is 17.6. The highest BCUT2D eigenvalue weighted by Gasteiger charge is 2.34. The van der Waals surface area contributed by atoms with Gasteiger partial charge >= 0.3 is 6.18 Å². The molecule has 2 heterocycles. The average molecular weight is 308 g/mol. The molecular formula is C13H23F3N4O. The van der Waals surface area contributed by atoms with E-state index >= 15 is 0 Å². The highest BCUT2D eigenvalue weighted by Crippen LogP contribution is 2.18. The first-order valence-electron chi connectivity index (χ1n) is 7.39. The van der Waals surface area contributed by atoms with Crippen molar-refractivity contribution in [3.05, 3.63) is 0 Å². The van der Waals surface area contributed by atoms with Crippen LogP contribution in [0.15, 0.2) is 0 Å². The quantitative estimate of drug-likeness (QED) is 0.796. The van der Waals surface area contributed by atoms with Gasteiger partial charge in [-0.05, 0) is 6.92 Å². The molecule has 21 heavy (non-hydrogen) atoms. The number of nitrogens with zero attached hydrogens (tertiary/aromatic N) is 3. The maximum atomic E-state index is 12.4. The molecule has 2 aliphatic heterocycles. The third-order valence-electron chi connectivity index (χ3n) is 4.14. The third kappa shape index (κ3) is 4.82. The first-order valence-corrected chi connectivity index (χ1v) is 7.39. The maximum absolute atomic E-state index is 12.4. The van der Waals surface area contributed by atoms with E-state index in [2.05, 4.69) is 5.32 Å². The lowest BCUT2D eigenvalue weighted by molar-refractivity contribution is -0.152. The van der Waals surface area contributed by atoms with Crippen molar-refractivity contribution in [1.29, 1.82) is 0 Å². The van der Waals surface area contributed by atoms with E-state index < -0.39 is 12.7 Å². The van der Waals surface area contributed by atoms with E-state index in [0.29, 0.717) is 39.3 Å². The van der Waals surface area contributed by atoms with Crippen molar-refractivity contribution in [2.75, 3.05) is 58.9 Å². The molecule has 122 valence electrons. The van der Waals surface area contributed by atoms with E-state index in [9.17, 15) is 18.0 Å². The summed E-state index contributed by atoms with van der Waals surface area (Å²) in [5, 5.41) is 3.19. The number of hydrogen-bond acceptors (Lipinski definition) is 4. The van der Waals surface area contributed by atoms with Crippen LogP contribution in [0.1, 0.15) is 6.92 Å². The van der Waals surface area contributed by atoms with Crippen molar-refractivity contribution < 1.29 is 18.0 Å². The molecule has 0 spiro atoms. The van der Waals surface area contributed by atoms with Gasteiger partial charge in [-0.15, -0.1) is 0 Å². The summed E-state index contributed by atoms with van der Waals surface area (Å²) in [6.45, 7) is 5.75. The van der Waals surface area contributed by atoms with Crippen molar-refractivity contribution in [3.63, 3.8) is 0 Å². The zero-order valence-electron chi connectivity index (χ0n) is 12.3. The lowest BCUT2D eigenvalue weighted by Gasteiger charge is -2.39. The largest absolute Gasteiger partial charge is 0.401 e. The summed E-state index contributed by atoms with van der Waals surface area (Å²) in [6, 6.07) is -0.254. The van der Waals surface area contributed by atoms with Crippen LogP contribution in [0, 0.1) is 0 Å². The van der Waals surface area contributed by atoms with Crippen LogP contribution in [0.2, 0.25) is 0 Å². The molecule has 8 heteroatoms. The van der Waals surface area contributed by atoms with Gasteiger partial charge in [-0.25, -0.2) is 0 Å². The summed E-state index contributed by atoms with van der Waals surface area (Å²) in [5.74, 6) is 0.0840. The number of carbonyl (C=O) groups is 1. The topological polar surface area (TPSA) is 38.8 Å². The van der Waals surface area contributed by atoms with E-state index in [1.54, 1.807) is 0 Å². The molecule has 0 saturated carbocycles. The van der Waals surface area contributed by atoms with Crippen LogP contribution >= 0.6 is 0 Å². The number of halogens is 3. The predicted molar refractivity (Wildman–Crippen MR) is 73.0 cm³/mol. The van der Waals surface area contributed by atoms with Crippen molar-refractivity contribution in [1.82, 2.24) is 20.0 Å². The monoisotopic (exact) mass is 308 g/mol. The van der Waals surface area contributed by atoms with E-state index in [0.717, 1.165) is 13.1 Å².